The van der Waals surface area contributed by atoms with Crippen molar-refractivity contribution in [3.05, 3.63) is 12.0 Å². The lowest BCUT2D eigenvalue weighted by Gasteiger charge is -2.22. The highest BCUT2D eigenvalue weighted by Gasteiger charge is 2.28. The van der Waals surface area contributed by atoms with Gasteiger partial charge in [0, 0.05) is 5.41 Å². The largest absolute Gasteiger partial charge is 0.459 e. The van der Waals surface area contributed by atoms with Crippen LogP contribution < -0.4 is 5.32 Å². The summed E-state index contributed by atoms with van der Waals surface area (Å²) in [4.78, 5) is 27.7. The Balaban J connectivity index is 2.54. The van der Waals surface area contributed by atoms with Crippen LogP contribution in [0.5, 0.6) is 0 Å². The third kappa shape index (κ3) is 5.50. The normalized spacial score (nSPS) is 11.5. The molecule has 0 fully saturated rings. The Kier molecular flexibility index (Phi) is 6.59. The number of esters is 1. The van der Waals surface area contributed by atoms with Crippen LogP contribution in [0, 0.1) is 11.3 Å². The van der Waals surface area contributed by atoms with Crippen LogP contribution in [0.3, 0.4) is 0 Å². The molecule has 0 spiro atoms. The first-order chi connectivity index (χ1) is 10.3. The predicted molar refractivity (Wildman–Crippen MR) is 83.1 cm³/mol. The van der Waals surface area contributed by atoms with E-state index in [1.54, 1.807) is 13.8 Å². The maximum atomic E-state index is 12.2. The third-order valence-electron chi connectivity index (χ3n) is 3.38. The number of carbonyl (C=O) groups is 2. The minimum absolute atomic E-state index is 0.0373. The van der Waals surface area contributed by atoms with E-state index in [0.29, 0.717) is 5.69 Å². The Bertz CT molecular complexity index is 506. The Morgan fingerprint density at radius 2 is 2.09 bits per heavy atom. The number of nitrogens with zero attached hydrogens (tertiary/aromatic N) is 1. The fourth-order valence-corrected chi connectivity index (χ4v) is 1.74. The van der Waals surface area contributed by atoms with Crippen molar-refractivity contribution >= 4 is 17.9 Å². The lowest BCUT2D eigenvalue weighted by Crippen LogP contribution is -2.30. The van der Waals surface area contributed by atoms with Gasteiger partial charge in [0.15, 0.2) is 0 Å². The molecule has 0 aliphatic rings. The molecule has 22 heavy (non-hydrogen) atoms. The molecule has 1 aromatic rings. The zero-order chi connectivity index (χ0) is 16.8. The average Bonchev–Trinajstić information content (AvgIpc) is 2.89. The minimum Gasteiger partial charge on any atom is -0.459 e. The van der Waals surface area contributed by atoms with Gasteiger partial charge >= 0.3 is 12.0 Å². The van der Waals surface area contributed by atoms with Crippen LogP contribution in [-0.4, -0.2) is 16.9 Å². The highest BCUT2D eigenvalue weighted by atomic mass is 16.5. The number of hydrogen-bond donors (Lipinski definition) is 1. The number of hydrogen-bond acceptors (Lipinski definition) is 5. The summed E-state index contributed by atoms with van der Waals surface area (Å²) >= 11 is 0. The van der Waals surface area contributed by atoms with Crippen molar-refractivity contribution in [2.24, 2.45) is 11.3 Å². The molecule has 6 nitrogen and oxygen atoms in total. The molecule has 0 unspecified atom stereocenters. The molecule has 1 amide bonds. The SMILES string of the molecule is CCCCC(C)(C)C(=O)Nc1nc(COC(=O)C(C)C)co1. The molecule has 0 aromatic carbocycles. The van der Waals surface area contributed by atoms with Crippen LogP contribution in [0.1, 0.15) is 59.6 Å². The summed E-state index contributed by atoms with van der Waals surface area (Å²) in [6, 6.07) is 0.130. The summed E-state index contributed by atoms with van der Waals surface area (Å²) in [6.45, 7) is 9.44. The second kappa shape index (κ2) is 7.96. The first-order valence-electron chi connectivity index (χ1n) is 7.68. The number of aromatic nitrogens is 1. The van der Waals surface area contributed by atoms with Gasteiger partial charge in [-0.05, 0) is 6.42 Å². The Labute approximate surface area is 131 Å². The maximum Gasteiger partial charge on any atom is 0.308 e. The summed E-state index contributed by atoms with van der Waals surface area (Å²) in [7, 11) is 0. The number of unbranched alkanes of at least 4 members (excludes halogenated alkanes) is 1. The molecule has 0 saturated heterocycles. The van der Waals surface area contributed by atoms with Gasteiger partial charge in [0.2, 0.25) is 5.91 Å². The molecule has 6 heteroatoms. The van der Waals surface area contributed by atoms with Gasteiger partial charge in [0.1, 0.15) is 18.6 Å². The van der Waals surface area contributed by atoms with E-state index in [1.807, 2.05) is 13.8 Å². The summed E-state index contributed by atoms with van der Waals surface area (Å²) in [5.41, 5.74) is -0.00922. The van der Waals surface area contributed by atoms with E-state index in [-0.39, 0.29) is 30.4 Å². The van der Waals surface area contributed by atoms with Crippen LogP contribution in [0.15, 0.2) is 10.7 Å². The maximum absolute atomic E-state index is 12.2. The Morgan fingerprint density at radius 1 is 1.41 bits per heavy atom. The summed E-state index contributed by atoms with van der Waals surface area (Å²) in [5.74, 6) is -0.617. The van der Waals surface area contributed by atoms with E-state index in [0.717, 1.165) is 19.3 Å². The topological polar surface area (TPSA) is 81.4 Å². The van der Waals surface area contributed by atoms with Crippen molar-refractivity contribution in [1.29, 1.82) is 0 Å². The van der Waals surface area contributed by atoms with Crippen molar-refractivity contribution < 1.29 is 18.7 Å². The quantitative estimate of drug-likeness (QED) is 0.743. The third-order valence-corrected chi connectivity index (χ3v) is 3.38. The molecule has 1 rings (SSSR count). The lowest BCUT2D eigenvalue weighted by atomic mass is 9.86. The molecule has 0 aliphatic carbocycles. The number of ether oxygens (including phenoxy) is 1. The average molecular weight is 310 g/mol. The Hall–Kier alpha value is -1.85. The van der Waals surface area contributed by atoms with Crippen molar-refractivity contribution in [2.75, 3.05) is 5.32 Å². The molecule has 0 saturated carbocycles. The standard InChI is InChI=1S/C16H26N2O4/c1-6-7-8-16(4,5)14(20)18-15-17-12(10-22-15)9-21-13(19)11(2)3/h10-11H,6-9H2,1-5H3,(H,17,18,20). The van der Waals surface area contributed by atoms with Gasteiger partial charge in [-0.1, -0.05) is 47.5 Å². The lowest BCUT2D eigenvalue weighted by molar-refractivity contribution is -0.148. The van der Waals surface area contributed by atoms with Gasteiger partial charge in [-0.15, -0.1) is 0 Å². The van der Waals surface area contributed by atoms with Gasteiger partial charge in [-0.2, -0.15) is 4.98 Å². The fourth-order valence-electron chi connectivity index (χ4n) is 1.74. The van der Waals surface area contributed by atoms with Crippen molar-refractivity contribution in [3.8, 4) is 0 Å². The number of oxazole rings is 1. The predicted octanol–water partition coefficient (Wildman–Crippen LogP) is 3.53. The Morgan fingerprint density at radius 3 is 2.68 bits per heavy atom. The molecule has 0 bridgehead atoms. The van der Waals surface area contributed by atoms with E-state index in [1.165, 1.54) is 6.26 Å². The van der Waals surface area contributed by atoms with Crippen LogP contribution in [0.4, 0.5) is 6.01 Å². The van der Waals surface area contributed by atoms with Crippen LogP contribution in [-0.2, 0) is 20.9 Å². The van der Waals surface area contributed by atoms with Gasteiger partial charge in [0.25, 0.3) is 0 Å². The van der Waals surface area contributed by atoms with Crippen LogP contribution >= 0.6 is 0 Å². The van der Waals surface area contributed by atoms with Crippen LogP contribution in [0.25, 0.3) is 0 Å². The number of carbonyl (C=O) groups excluding carboxylic acids is 2. The second-order valence-electron chi connectivity index (χ2n) is 6.35. The van der Waals surface area contributed by atoms with Gasteiger partial charge in [-0.3, -0.25) is 14.9 Å². The highest BCUT2D eigenvalue weighted by Crippen LogP contribution is 2.25. The zero-order valence-electron chi connectivity index (χ0n) is 14.1. The van der Waals surface area contributed by atoms with E-state index >= 15 is 0 Å². The molecule has 0 radical (unpaired) electrons. The number of nitrogens with one attached hydrogen (secondary N) is 1. The van der Waals surface area contributed by atoms with Crippen molar-refractivity contribution in [2.45, 2.75) is 60.5 Å². The minimum atomic E-state index is -0.477. The summed E-state index contributed by atoms with van der Waals surface area (Å²) in [6.07, 6.45) is 4.21. The second-order valence-corrected chi connectivity index (χ2v) is 6.35. The molecule has 1 aromatic heterocycles. The number of rotatable bonds is 8. The number of anilines is 1. The molecule has 0 aliphatic heterocycles. The first kappa shape index (κ1) is 18.2. The summed E-state index contributed by atoms with van der Waals surface area (Å²) < 4.78 is 10.2. The molecule has 0 atom stereocenters. The first-order valence-corrected chi connectivity index (χ1v) is 7.68. The zero-order valence-corrected chi connectivity index (χ0v) is 14.1. The van der Waals surface area contributed by atoms with Gasteiger partial charge in [-0.25, -0.2) is 0 Å². The molecule has 124 valence electrons. The highest BCUT2D eigenvalue weighted by molar-refractivity contribution is 5.93. The monoisotopic (exact) mass is 310 g/mol. The molecule has 1 N–H and O–H groups in total. The fraction of sp³-hybridized carbons (Fsp3) is 0.688. The summed E-state index contributed by atoms with van der Waals surface area (Å²) in [5, 5.41) is 2.66. The van der Waals surface area contributed by atoms with E-state index < -0.39 is 5.41 Å². The van der Waals surface area contributed by atoms with E-state index in [4.69, 9.17) is 9.15 Å². The van der Waals surface area contributed by atoms with Crippen molar-refractivity contribution in [3.63, 3.8) is 0 Å². The van der Waals surface area contributed by atoms with E-state index in [9.17, 15) is 9.59 Å². The molecular formula is C16H26N2O4. The van der Waals surface area contributed by atoms with Crippen LogP contribution in [0.2, 0.25) is 0 Å². The van der Waals surface area contributed by atoms with Gasteiger partial charge in [0.05, 0.1) is 5.92 Å². The smallest absolute Gasteiger partial charge is 0.308 e. The van der Waals surface area contributed by atoms with Gasteiger partial charge < -0.3 is 9.15 Å². The van der Waals surface area contributed by atoms with Crippen molar-refractivity contribution in [1.82, 2.24) is 4.98 Å². The number of amides is 1. The molecule has 1 heterocycles. The van der Waals surface area contributed by atoms with E-state index in [2.05, 4.69) is 17.2 Å². The molecular weight excluding hydrogens is 284 g/mol.